The summed E-state index contributed by atoms with van der Waals surface area (Å²) in [5, 5.41) is 19.0. The van der Waals surface area contributed by atoms with Crippen LogP contribution in [-0.2, 0) is 6.54 Å². The summed E-state index contributed by atoms with van der Waals surface area (Å²) >= 11 is 0. The Balaban J connectivity index is 2.10. The van der Waals surface area contributed by atoms with E-state index in [1.54, 1.807) is 0 Å². The van der Waals surface area contributed by atoms with Gasteiger partial charge in [0.25, 0.3) is 0 Å². The minimum Gasteiger partial charge on any atom is -0.389 e. The Morgan fingerprint density at radius 2 is 1.62 bits per heavy atom. The van der Waals surface area contributed by atoms with Crippen molar-refractivity contribution in [3.05, 3.63) is 34.9 Å². The van der Waals surface area contributed by atoms with Gasteiger partial charge in [0.05, 0.1) is 12.2 Å². The topological polar surface area (TPSA) is 43.7 Å². The van der Waals surface area contributed by atoms with E-state index in [1.807, 2.05) is 0 Å². The fraction of sp³-hybridized carbons (Fsp3) is 0.538. The van der Waals surface area contributed by atoms with Crippen molar-refractivity contribution in [2.45, 2.75) is 32.6 Å². The van der Waals surface area contributed by atoms with Gasteiger partial charge in [0.2, 0.25) is 0 Å². The zero-order valence-electron chi connectivity index (χ0n) is 9.85. The lowest BCUT2D eigenvalue weighted by Gasteiger charge is -2.18. The first-order chi connectivity index (χ1) is 7.58. The second-order valence-electron chi connectivity index (χ2n) is 4.70. The van der Waals surface area contributed by atoms with Gasteiger partial charge in [-0.15, -0.1) is 0 Å². The number of aliphatic hydroxyl groups excluding tert-OH is 2. The number of likely N-dealkylation sites (tertiary alicyclic amines) is 1. The third-order valence-electron chi connectivity index (χ3n) is 3.36. The molecule has 1 aromatic carbocycles. The highest BCUT2D eigenvalue weighted by Gasteiger charge is 2.29. The summed E-state index contributed by atoms with van der Waals surface area (Å²) in [7, 11) is 0. The third kappa shape index (κ3) is 2.26. The van der Waals surface area contributed by atoms with Crippen molar-refractivity contribution >= 4 is 0 Å². The summed E-state index contributed by atoms with van der Waals surface area (Å²) in [4.78, 5) is 2.10. The molecule has 1 heterocycles. The Bertz CT molecular complexity index is 348. The number of aliphatic hydroxyl groups is 2. The molecule has 2 N–H and O–H groups in total. The molecular formula is C13H19NO2. The highest BCUT2D eigenvalue weighted by Crippen LogP contribution is 2.19. The van der Waals surface area contributed by atoms with Gasteiger partial charge in [0, 0.05) is 19.6 Å². The van der Waals surface area contributed by atoms with E-state index in [1.165, 1.54) is 16.7 Å². The molecule has 3 heteroatoms. The molecular weight excluding hydrogens is 202 g/mol. The molecule has 2 rings (SSSR count). The maximum atomic E-state index is 9.49. The average Bonchev–Trinajstić information content (AvgIpc) is 2.53. The second kappa shape index (κ2) is 4.53. The molecule has 0 bridgehead atoms. The molecule has 1 aliphatic heterocycles. The summed E-state index contributed by atoms with van der Waals surface area (Å²) in [6.07, 6.45) is -1.19. The van der Waals surface area contributed by atoms with Crippen LogP contribution in [0.1, 0.15) is 16.7 Å². The molecule has 0 saturated carbocycles. The van der Waals surface area contributed by atoms with Crippen LogP contribution in [-0.4, -0.2) is 40.4 Å². The maximum Gasteiger partial charge on any atom is 0.0938 e. The summed E-state index contributed by atoms with van der Waals surface area (Å²) < 4.78 is 0. The van der Waals surface area contributed by atoms with Crippen LogP contribution in [0.3, 0.4) is 0 Å². The molecule has 1 fully saturated rings. The van der Waals surface area contributed by atoms with Crippen molar-refractivity contribution in [2.24, 2.45) is 0 Å². The quantitative estimate of drug-likeness (QED) is 0.778. The summed E-state index contributed by atoms with van der Waals surface area (Å²) in [5.41, 5.74) is 3.86. The Kier molecular flexibility index (Phi) is 3.28. The lowest BCUT2D eigenvalue weighted by molar-refractivity contribution is 0.0572. The second-order valence-corrected chi connectivity index (χ2v) is 4.70. The predicted molar refractivity (Wildman–Crippen MR) is 63.2 cm³/mol. The van der Waals surface area contributed by atoms with E-state index in [9.17, 15) is 10.2 Å². The fourth-order valence-corrected chi connectivity index (χ4v) is 2.30. The first kappa shape index (κ1) is 11.6. The zero-order valence-corrected chi connectivity index (χ0v) is 9.85. The monoisotopic (exact) mass is 221 g/mol. The third-order valence-corrected chi connectivity index (χ3v) is 3.36. The number of benzene rings is 1. The molecule has 16 heavy (non-hydrogen) atoms. The van der Waals surface area contributed by atoms with Crippen LogP contribution < -0.4 is 0 Å². The van der Waals surface area contributed by atoms with Gasteiger partial charge < -0.3 is 10.2 Å². The summed E-state index contributed by atoms with van der Waals surface area (Å²) in [6, 6.07) is 6.26. The molecule has 2 unspecified atom stereocenters. The Morgan fingerprint density at radius 3 is 2.12 bits per heavy atom. The van der Waals surface area contributed by atoms with Crippen LogP contribution in [0, 0.1) is 13.8 Å². The van der Waals surface area contributed by atoms with Crippen LogP contribution in [0.25, 0.3) is 0 Å². The van der Waals surface area contributed by atoms with Crippen LogP contribution in [0.4, 0.5) is 0 Å². The smallest absolute Gasteiger partial charge is 0.0938 e. The average molecular weight is 221 g/mol. The minimum atomic E-state index is -0.593. The molecule has 1 saturated heterocycles. The number of aryl methyl sites for hydroxylation is 2. The van der Waals surface area contributed by atoms with Crippen molar-refractivity contribution < 1.29 is 10.2 Å². The minimum absolute atomic E-state index is 0.564. The van der Waals surface area contributed by atoms with Crippen molar-refractivity contribution in [3.8, 4) is 0 Å². The number of hydrogen-bond donors (Lipinski definition) is 2. The summed E-state index contributed by atoms with van der Waals surface area (Å²) in [5.74, 6) is 0. The van der Waals surface area contributed by atoms with Crippen molar-refractivity contribution in [1.82, 2.24) is 4.90 Å². The molecule has 0 amide bonds. The lowest BCUT2D eigenvalue weighted by atomic mass is 10.0. The van der Waals surface area contributed by atoms with E-state index in [0.717, 1.165) is 6.54 Å². The Hall–Kier alpha value is -0.900. The number of β-amino-alcohol motifs (C(OH)–C–C–N with tert-alkyl or cyclic N) is 2. The van der Waals surface area contributed by atoms with Gasteiger partial charge in [-0.05, 0) is 30.5 Å². The van der Waals surface area contributed by atoms with Gasteiger partial charge in [-0.2, -0.15) is 0 Å². The highest BCUT2D eigenvalue weighted by atomic mass is 16.3. The zero-order chi connectivity index (χ0) is 11.7. The molecule has 1 aliphatic rings. The Morgan fingerprint density at radius 1 is 1.12 bits per heavy atom. The van der Waals surface area contributed by atoms with Crippen molar-refractivity contribution in [2.75, 3.05) is 13.1 Å². The molecule has 88 valence electrons. The first-order valence-electron chi connectivity index (χ1n) is 5.71. The Labute approximate surface area is 96.3 Å². The van der Waals surface area contributed by atoms with Gasteiger partial charge in [-0.25, -0.2) is 0 Å². The van der Waals surface area contributed by atoms with Crippen molar-refractivity contribution in [1.29, 1.82) is 0 Å². The molecule has 2 atom stereocenters. The van der Waals surface area contributed by atoms with Crippen LogP contribution in [0.5, 0.6) is 0 Å². The lowest BCUT2D eigenvalue weighted by Crippen LogP contribution is -2.22. The SMILES string of the molecule is Cc1cccc(C)c1CN1CC(O)C(O)C1. The van der Waals surface area contributed by atoms with Gasteiger partial charge in [-0.3, -0.25) is 4.90 Å². The van der Waals surface area contributed by atoms with E-state index in [0.29, 0.717) is 13.1 Å². The van der Waals surface area contributed by atoms with E-state index < -0.39 is 12.2 Å². The van der Waals surface area contributed by atoms with Crippen LogP contribution >= 0.6 is 0 Å². The van der Waals surface area contributed by atoms with Gasteiger partial charge in [0.1, 0.15) is 0 Å². The van der Waals surface area contributed by atoms with E-state index in [-0.39, 0.29) is 0 Å². The normalized spacial score (nSPS) is 26.2. The van der Waals surface area contributed by atoms with Gasteiger partial charge in [-0.1, -0.05) is 18.2 Å². The number of rotatable bonds is 2. The van der Waals surface area contributed by atoms with Crippen LogP contribution in [0.15, 0.2) is 18.2 Å². The maximum absolute atomic E-state index is 9.49. The molecule has 0 spiro atoms. The predicted octanol–water partition coefficient (Wildman–Crippen LogP) is 0.841. The number of hydrogen-bond acceptors (Lipinski definition) is 3. The highest BCUT2D eigenvalue weighted by molar-refractivity contribution is 5.33. The van der Waals surface area contributed by atoms with Crippen molar-refractivity contribution in [3.63, 3.8) is 0 Å². The first-order valence-corrected chi connectivity index (χ1v) is 5.71. The van der Waals surface area contributed by atoms with Gasteiger partial charge in [0.15, 0.2) is 0 Å². The largest absolute Gasteiger partial charge is 0.389 e. The molecule has 1 aromatic rings. The van der Waals surface area contributed by atoms with E-state index in [2.05, 4.69) is 36.9 Å². The van der Waals surface area contributed by atoms with E-state index in [4.69, 9.17) is 0 Å². The standard InChI is InChI=1S/C13H19NO2/c1-9-4-3-5-10(2)11(9)6-14-7-12(15)13(16)8-14/h3-5,12-13,15-16H,6-8H2,1-2H3. The van der Waals surface area contributed by atoms with Gasteiger partial charge >= 0.3 is 0 Å². The number of nitrogens with zero attached hydrogens (tertiary/aromatic N) is 1. The molecule has 0 aliphatic carbocycles. The summed E-state index contributed by atoms with van der Waals surface area (Å²) in [6.45, 7) is 6.15. The molecule has 0 radical (unpaired) electrons. The fourth-order valence-electron chi connectivity index (χ4n) is 2.30. The van der Waals surface area contributed by atoms with E-state index >= 15 is 0 Å². The molecule has 0 aromatic heterocycles. The van der Waals surface area contributed by atoms with Crippen LogP contribution in [0.2, 0.25) is 0 Å². The molecule has 3 nitrogen and oxygen atoms in total.